The summed E-state index contributed by atoms with van der Waals surface area (Å²) >= 11 is 0. The third-order valence-electron chi connectivity index (χ3n) is 15.8. The molecule has 0 amide bonds. The Labute approximate surface area is 338 Å². The van der Waals surface area contributed by atoms with Crippen LogP contribution in [0.5, 0.6) is 0 Å². The molecule has 0 unspecified atom stereocenters. The molecule has 0 aromatic rings. The summed E-state index contributed by atoms with van der Waals surface area (Å²) in [6.07, 6.45) is -0.529. The molecule has 324 valence electrons. The van der Waals surface area contributed by atoms with Crippen molar-refractivity contribution in [1.29, 1.82) is 0 Å². The van der Waals surface area contributed by atoms with Gasteiger partial charge in [0.05, 0.1) is 23.4 Å². The van der Waals surface area contributed by atoms with Gasteiger partial charge in [-0.1, -0.05) is 46.3 Å². The molecule has 1 saturated heterocycles. The zero-order valence-electron chi connectivity index (χ0n) is 36.3. The average molecular weight is 807 g/mol. The largest absolute Gasteiger partial charge is 0.463 e. The van der Waals surface area contributed by atoms with Crippen molar-refractivity contribution in [3.63, 3.8) is 0 Å². The van der Waals surface area contributed by atoms with Crippen molar-refractivity contribution in [3.05, 3.63) is 11.6 Å². The first-order valence-corrected chi connectivity index (χ1v) is 21.0. The maximum atomic E-state index is 13.2. The van der Waals surface area contributed by atoms with Crippen molar-refractivity contribution in [2.45, 2.75) is 195 Å². The highest BCUT2D eigenvalue weighted by atomic mass is 16.7. The van der Waals surface area contributed by atoms with E-state index in [0.717, 1.165) is 24.8 Å². The van der Waals surface area contributed by atoms with E-state index in [2.05, 4.69) is 40.7 Å². The van der Waals surface area contributed by atoms with Gasteiger partial charge in [0.25, 0.3) is 0 Å². The van der Waals surface area contributed by atoms with Gasteiger partial charge < -0.3 is 43.7 Å². The summed E-state index contributed by atoms with van der Waals surface area (Å²) in [5, 5.41) is 37.0. The normalized spacial score (nSPS) is 43.2. The third-order valence-corrected chi connectivity index (χ3v) is 15.8. The van der Waals surface area contributed by atoms with Gasteiger partial charge >= 0.3 is 23.9 Å². The molecular weight excluding hydrogens is 736 g/mol. The maximum Gasteiger partial charge on any atom is 0.303 e. The molecule has 5 fully saturated rings. The fourth-order valence-electron chi connectivity index (χ4n) is 12.8. The summed E-state index contributed by atoms with van der Waals surface area (Å²) in [4.78, 5) is 49.9. The van der Waals surface area contributed by atoms with Gasteiger partial charge in [-0.25, -0.2) is 0 Å². The summed E-state index contributed by atoms with van der Waals surface area (Å²) in [6, 6.07) is 0. The number of ether oxygens (including phenoxy) is 6. The van der Waals surface area contributed by atoms with Gasteiger partial charge in [0.15, 0.2) is 24.6 Å². The molecule has 3 N–H and O–H groups in total. The van der Waals surface area contributed by atoms with Crippen LogP contribution in [0.15, 0.2) is 11.6 Å². The molecule has 1 aliphatic heterocycles. The minimum Gasteiger partial charge on any atom is -0.463 e. The van der Waals surface area contributed by atoms with E-state index in [9.17, 15) is 34.5 Å². The van der Waals surface area contributed by atoms with Crippen LogP contribution in [0.4, 0.5) is 0 Å². The minimum absolute atomic E-state index is 0.0467. The van der Waals surface area contributed by atoms with Crippen molar-refractivity contribution in [2.75, 3.05) is 6.61 Å². The van der Waals surface area contributed by atoms with Gasteiger partial charge in [0.1, 0.15) is 12.7 Å². The zero-order valence-corrected chi connectivity index (χ0v) is 36.3. The van der Waals surface area contributed by atoms with Crippen molar-refractivity contribution >= 4 is 23.9 Å². The van der Waals surface area contributed by atoms with Gasteiger partial charge in [-0.05, 0) is 112 Å². The Morgan fingerprint density at radius 3 is 1.95 bits per heavy atom. The number of esters is 4. The van der Waals surface area contributed by atoms with Crippen LogP contribution in [-0.2, 0) is 47.6 Å². The smallest absolute Gasteiger partial charge is 0.303 e. The lowest BCUT2D eigenvalue weighted by molar-refractivity contribution is -0.345. The number of hydrogen-bond acceptors (Lipinski definition) is 13. The van der Waals surface area contributed by atoms with Crippen molar-refractivity contribution in [3.8, 4) is 0 Å². The molecule has 4 aliphatic carbocycles. The van der Waals surface area contributed by atoms with Crippen LogP contribution in [-0.4, -0.2) is 99.9 Å². The molecule has 15 atom stereocenters. The van der Waals surface area contributed by atoms with E-state index in [1.807, 2.05) is 13.8 Å². The summed E-state index contributed by atoms with van der Waals surface area (Å²) in [6.45, 7) is 21.3. The number of aliphatic hydroxyl groups is 3. The number of carbonyl (C=O) groups is 4. The summed E-state index contributed by atoms with van der Waals surface area (Å²) < 4.78 is 36.2. The second-order valence-corrected chi connectivity index (χ2v) is 19.8. The van der Waals surface area contributed by atoms with Crippen molar-refractivity contribution < 1.29 is 62.9 Å². The standard InChI is InChI=1S/C44H70O13/c1-24(2)14-13-17-43(12,50)44(51)21-20-42(11)37(44)29(22-32-40(9)18-16-33(49)39(7,8)31(40)15-19-41(32,42)10)56-38-36(55-28(6)48)35(54-27(5)47)34(53-26(4)46)30(57-38)23-52-25(3)45/h14,29-38,49-51H,13,15-23H2,1-12H3/t29-,30-,31+,32-,33-,34-,35+,36-,37+,38-,40+,41-,42-,43+,44-/m1/s1. The van der Waals surface area contributed by atoms with Crippen LogP contribution in [0.25, 0.3) is 0 Å². The first-order chi connectivity index (χ1) is 26.2. The first kappa shape index (κ1) is 45.5. The number of rotatable bonds is 11. The molecule has 1 heterocycles. The maximum absolute atomic E-state index is 13.2. The van der Waals surface area contributed by atoms with Gasteiger partial charge in [0, 0.05) is 33.6 Å². The monoisotopic (exact) mass is 806 g/mol. The van der Waals surface area contributed by atoms with Crippen LogP contribution in [0.2, 0.25) is 0 Å². The highest BCUT2D eigenvalue weighted by Gasteiger charge is 2.75. The molecule has 13 nitrogen and oxygen atoms in total. The Hall–Kier alpha value is -2.58. The SMILES string of the molecule is CC(=O)OC[C@H]1O[C@@H](O[C@@H]2C[C@@H]3[C@@]4(C)CC[C@@H](O)C(C)(C)[C@@H]4CC[C@@]3(C)[C@]3(C)CC[C@](O)([C@@](C)(O)CCC=C(C)C)[C@@H]23)[C@H](OC(C)=O)[C@@H](OC(C)=O)[C@@H]1OC(C)=O. The lowest BCUT2D eigenvalue weighted by atomic mass is 9.35. The van der Waals surface area contributed by atoms with E-state index in [-0.39, 0.29) is 28.1 Å². The predicted molar refractivity (Wildman–Crippen MR) is 208 cm³/mol. The molecule has 0 aromatic heterocycles. The number of hydrogen-bond donors (Lipinski definition) is 3. The van der Waals surface area contributed by atoms with E-state index in [1.165, 1.54) is 27.7 Å². The zero-order chi connectivity index (χ0) is 42.7. The Kier molecular flexibility index (Phi) is 12.9. The molecule has 4 saturated carbocycles. The van der Waals surface area contributed by atoms with Crippen LogP contribution < -0.4 is 0 Å². The number of carbonyl (C=O) groups excluding carboxylic acids is 4. The molecule has 0 bridgehead atoms. The number of aliphatic hydroxyl groups excluding tert-OH is 1. The second-order valence-electron chi connectivity index (χ2n) is 19.8. The predicted octanol–water partition coefficient (Wildman–Crippen LogP) is 5.72. The van der Waals surface area contributed by atoms with Crippen LogP contribution in [0, 0.1) is 39.4 Å². The fraction of sp³-hybridized carbons (Fsp3) is 0.864. The van der Waals surface area contributed by atoms with E-state index >= 15 is 0 Å². The van der Waals surface area contributed by atoms with Crippen LogP contribution in [0.1, 0.15) is 141 Å². The Balaban J connectivity index is 1.67. The van der Waals surface area contributed by atoms with Gasteiger partial charge in [-0.15, -0.1) is 0 Å². The van der Waals surface area contributed by atoms with Crippen LogP contribution >= 0.6 is 0 Å². The summed E-state index contributed by atoms with van der Waals surface area (Å²) in [5.74, 6) is -3.23. The fourth-order valence-corrected chi connectivity index (χ4v) is 12.8. The molecular formula is C44H70O13. The third kappa shape index (κ3) is 8.05. The van der Waals surface area contributed by atoms with Crippen LogP contribution in [0.3, 0.4) is 0 Å². The first-order valence-electron chi connectivity index (χ1n) is 21.0. The Morgan fingerprint density at radius 2 is 1.37 bits per heavy atom. The Bertz CT molecular complexity index is 1570. The van der Waals surface area contributed by atoms with Crippen molar-refractivity contribution in [2.24, 2.45) is 39.4 Å². The molecule has 0 aromatic carbocycles. The molecule has 13 heteroatoms. The summed E-state index contributed by atoms with van der Waals surface area (Å²) in [7, 11) is 0. The van der Waals surface area contributed by atoms with Gasteiger partial charge in [0.2, 0.25) is 0 Å². The minimum atomic E-state index is -1.62. The molecule has 0 spiro atoms. The topological polar surface area (TPSA) is 184 Å². The number of fused-ring (bicyclic) bond motifs is 5. The summed E-state index contributed by atoms with van der Waals surface area (Å²) in [5.41, 5.74) is -3.48. The van der Waals surface area contributed by atoms with E-state index in [4.69, 9.17) is 28.4 Å². The van der Waals surface area contributed by atoms with Gasteiger partial charge in [-0.3, -0.25) is 19.2 Å². The van der Waals surface area contributed by atoms with E-state index < -0.39 is 95.9 Å². The highest BCUT2D eigenvalue weighted by Crippen LogP contribution is 2.76. The van der Waals surface area contributed by atoms with E-state index in [1.54, 1.807) is 6.92 Å². The van der Waals surface area contributed by atoms with Crippen molar-refractivity contribution in [1.82, 2.24) is 0 Å². The average Bonchev–Trinajstić information content (AvgIpc) is 3.38. The highest BCUT2D eigenvalue weighted by molar-refractivity contribution is 5.68. The molecule has 0 radical (unpaired) electrons. The molecule has 5 rings (SSSR count). The quantitative estimate of drug-likeness (QED) is 0.0998. The molecule has 5 aliphatic rings. The second kappa shape index (κ2) is 16.1. The lowest BCUT2D eigenvalue weighted by Crippen LogP contribution is -2.71. The molecule has 57 heavy (non-hydrogen) atoms. The van der Waals surface area contributed by atoms with Gasteiger partial charge in [-0.2, -0.15) is 0 Å². The Morgan fingerprint density at radius 1 is 0.772 bits per heavy atom. The van der Waals surface area contributed by atoms with E-state index in [0.29, 0.717) is 38.5 Å². The lowest BCUT2D eigenvalue weighted by Gasteiger charge is -2.71. The number of allylic oxidation sites excluding steroid dienone is 2.